The first-order chi connectivity index (χ1) is 11.3. The molecular weight excluding hydrogens is 326 g/mol. The molecule has 0 fully saturated rings. The lowest BCUT2D eigenvalue weighted by molar-refractivity contribution is -0.394. The highest BCUT2D eigenvalue weighted by atomic mass is 16.6. The molecule has 0 spiro atoms. The third-order valence-corrected chi connectivity index (χ3v) is 2.75. The Morgan fingerprint density at radius 3 is 2.58 bits per heavy atom. The maximum absolute atomic E-state index is 11.3. The first-order valence-corrected chi connectivity index (χ1v) is 6.18. The smallest absolute Gasteiger partial charge is 0.318 e. The average Bonchev–Trinajstić information content (AvgIpc) is 2.51. The molecule has 1 aromatic heterocycles. The van der Waals surface area contributed by atoms with Gasteiger partial charge in [0.15, 0.2) is 0 Å². The molecule has 124 valence electrons. The van der Waals surface area contributed by atoms with Gasteiger partial charge in [-0.25, -0.2) is 5.43 Å². The lowest BCUT2D eigenvalue weighted by Gasteiger charge is -2.01. The minimum Gasteiger partial charge on any atom is -0.502 e. The van der Waals surface area contributed by atoms with Gasteiger partial charge >= 0.3 is 5.69 Å². The number of anilines is 1. The molecule has 13 heteroatoms. The number of aromatic amines is 1. The highest BCUT2D eigenvalue weighted by Gasteiger charge is 2.23. The molecule has 0 amide bonds. The van der Waals surface area contributed by atoms with E-state index in [9.17, 15) is 30.1 Å². The van der Waals surface area contributed by atoms with Crippen molar-refractivity contribution in [1.29, 1.82) is 0 Å². The van der Waals surface area contributed by atoms with Gasteiger partial charge in [0, 0.05) is 6.07 Å². The molecule has 0 aliphatic rings. The molecule has 0 radical (unpaired) electrons. The Morgan fingerprint density at radius 1 is 1.29 bits per heavy atom. The second kappa shape index (κ2) is 6.47. The number of aromatic nitrogens is 3. The Bertz CT molecular complexity index is 906. The fraction of sp³-hybridized carbons (Fsp3) is 0.0909. The third-order valence-electron chi connectivity index (χ3n) is 2.75. The highest BCUT2D eigenvalue weighted by Crippen LogP contribution is 2.33. The summed E-state index contributed by atoms with van der Waals surface area (Å²) in [4.78, 5) is 33.4. The minimum atomic E-state index is -0.962. The molecule has 2 rings (SSSR count). The highest BCUT2D eigenvalue weighted by molar-refractivity contribution is 5.87. The van der Waals surface area contributed by atoms with Crippen molar-refractivity contribution in [3.8, 4) is 5.75 Å². The van der Waals surface area contributed by atoms with Gasteiger partial charge in [-0.05, 0) is 6.92 Å². The van der Waals surface area contributed by atoms with Crippen molar-refractivity contribution in [2.75, 3.05) is 5.43 Å². The van der Waals surface area contributed by atoms with Crippen molar-refractivity contribution in [3.05, 3.63) is 54.0 Å². The number of nitrogens with one attached hydrogen (secondary N) is 2. The summed E-state index contributed by atoms with van der Waals surface area (Å²) in [5, 5.41) is 42.1. The molecule has 0 aliphatic carbocycles. The maximum Gasteiger partial charge on any atom is 0.318 e. The molecule has 0 bridgehead atoms. The van der Waals surface area contributed by atoms with E-state index in [1.54, 1.807) is 0 Å². The predicted molar refractivity (Wildman–Crippen MR) is 80.0 cm³/mol. The fourth-order valence-corrected chi connectivity index (χ4v) is 1.58. The Morgan fingerprint density at radius 2 is 2.00 bits per heavy atom. The monoisotopic (exact) mass is 335 g/mol. The number of phenols is 1. The van der Waals surface area contributed by atoms with E-state index in [0.29, 0.717) is 6.07 Å². The molecule has 0 saturated heterocycles. The number of non-ortho nitro benzene ring substituents is 1. The number of H-pyrrole nitrogens is 1. The fourth-order valence-electron chi connectivity index (χ4n) is 1.58. The van der Waals surface area contributed by atoms with Crippen LogP contribution in [-0.2, 0) is 0 Å². The van der Waals surface area contributed by atoms with Gasteiger partial charge in [0.2, 0.25) is 11.7 Å². The zero-order chi connectivity index (χ0) is 17.9. The minimum absolute atomic E-state index is 0.124. The number of benzene rings is 1. The van der Waals surface area contributed by atoms with E-state index in [-0.39, 0.29) is 17.2 Å². The van der Waals surface area contributed by atoms with E-state index in [4.69, 9.17) is 0 Å². The summed E-state index contributed by atoms with van der Waals surface area (Å²) < 4.78 is 0. The molecule has 1 aromatic carbocycles. The number of aromatic hydroxyl groups is 1. The van der Waals surface area contributed by atoms with Crippen LogP contribution in [0.5, 0.6) is 5.75 Å². The Labute approximate surface area is 132 Å². The molecule has 3 N–H and O–H groups in total. The van der Waals surface area contributed by atoms with Gasteiger partial charge in [0.1, 0.15) is 5.69 Å². The Balaban J connectivity index is 2.33. The van der Waals surface area contributed by atoms with Gasteiger partial charge in [-0.2, -0.15) is 5.10 Å². The van der Waals surface area contributed by atoms with Crippen LogP contribution < -0.4 is 11.0 Å². The number of nitro benzene ring substituents is 2. The van der Waals surface area contributed by atoms with Gasteiger partial charge in [0.05, 0.1) is 27.7 Å². The number of nitro groups is 2. The van der Waals surface area contributed by atoms with Gasteiger partial charge in [-0.1, -0.05) is 0 Å². The lowest BCUT2D eigenvalue weighted by Crippen LogP contribution is -2.15. The van der Waals surface area contributed by atoms with E-state index in [0.717, 1.165) is 12.3 Å². The molecule has 13 nitrogen and oxygen atoms in total. The van der Waals surface area contributed by atoms with Gasteiger partial charge in [0.25, 0.3) is 11.2 Å². The largest absolute Gasteiger partial charge is 0.502 e. The van der Waals surface area contributed by atoms with Crippen LogP contribution in [-0.4, -0.2) is 36.3 Å². The van der Waals surface area contributed by atoms with Crippen LogP contribution in [0.1, 0.15) is 11.3 Å². The van der Waals surface area contributed by atoms with Crippen molar-refractivity contribution in [2.24, 2.45) is 5.10 Å². The SMILES string of the molecule is Cc1nnc(N/N=C\c2cc([N+](=O)[O-])cc([N+](=O)[O-])c2O)[nH]c1=O. The first kappa shape index (κ1) is 16.5. The number of phenolic OH excluding ortho intramolecular Hbond substituents is 1. The lowest BCUT2D eigenvalue weighted by atomic mass is 10.1. The summed E-state index contributed by atoms with van der Waals surface area (Å²) in [5.74, 6) is -0.916. The normalized spacial score (nSPS) is 10.7. The second-order valence-electron chi connectivity index (χ2n) is 4.38. The number of hydrogen-bond acceptors (Lipinski definition) is 10. The van der Waals surface area contributed by atoms with Crippen molar-refractivity contribution in [1.82, 2.24) is 15.2 Å². The van der Waals surface area contributed by atoms with Crippen LogP contribution in [0.4, 0.5) is 17.3 Å². The Hall–Kier alpha value is -3.90. The van der Waals surface area contributed by atoms with Crippen molar-refractivity contribution < 1.29 is 15.0 Å². The number of nitrogens with zero attached hydrogens (tertiary/aromatic N) is 5. The molecule has 0 unspecified atom stereocenters. The van der Waals surface area contributed by atoms with Crippen LogP contribution in [0, 0.1) is 27.2 Å². The Kier molecular flexibility index (Phi) is 4.44. The number of hydrazone groups is 1. The zero-order valence-corrected chi connectivity index (χ0v) is 12.0. The van der Waals surface area contributed by atoms with E-state index in [1.807, 2.05) is 0 Å². The van der Waals surface area contributed by atoms with Gasteiger partial charge in [-0.3, -0.25) is 30.0 Å². The van der Waals surface area contributed by atoms with Crippen LogP contribution >= 0.6 is 0 Å². The van der Waals surface area contributed by atoms with Crippen LogP contribution in [0.25, 0.3) is 0 Å². The van der Waals surface area contributed by atoms with Crippen molar-refractivity contribution in [2.45, 2.75) is 6.92 Å². The van der Waals surface area contributed by atoms with Crippen molar-refractivity contribution >= 4 is 23.5 Å². The third kappa shape index (κ3) is 3.46. The second-order valence-corrected chi connectivity index (χ2v) is 4.38. The summed E-state index contributed by atoms with van der Waals surface area (Å²) in [7, 11) is 0. The zero-order valence-electron chi connectivity index (χ0n) is 12.0. The standard InChI is InChI=1S/C11H9N7O6/c1-5-10(20)13-11(16-14-5)15-12-4-6-2-7(17(21)22)3-8(9(6)19)18(23)24/h2-4,19H,1H3,(H2,13,15,16,20)/b12-4-. The van der Waals surface area contributed by atoms with E-state index in [1.165, 1.54) is 6.92 Å². The summed E-state index contributed by atoms with van der Waals surface area (Å²) in [6.45, 7) is 1.44. The number of rotatable bonds is 5. The molecule has 1 heterocycles. The quantitative estimate of drug-likeness (QED) is 0.395. The molecular formula is C11H9N7O6. The van der Waals surface area contributed by atoms with Crippen LogP contribution in [0.15, 0.2) is 22.0 Å². The van der Waals surface area contributed by atoms with E-state index >= 15 is 0 Å². The predicted octanol–water partition coefficient (Wildman–Crippen LogP) is 0.441. The summed E-state index contributed by atoms with van der Waals surface area (Å²) >= 11 is 0. The van der Waals surface area contributed by atoms with Crippen LogP contribution in [0.2, 0.25) is 0 Å². The summed E-state index contributed by atoms with van der Waals surface area (Å²) in [5.41, 5.74) is 0.203. The van der Waals surface area contributed by atoms with Crippen molar-refractivity contribution in [3.63, 3.8) is 0 Å². The number of hydrogen-bond donors (Lipinski definition) is 3. The molecule has 0 saturated carbocycles. The average molecular weight is 335 g/mol. The molecule has 0 aliphatic heterocycles. The molecule has 0 atom stereocenters. The topological polar surface area (TPSA) is 190 Å². The summed E-state index contributed by atoms with van der Waals surface area (Å²) in [6, 6.07) is 1.53. The van der Waals surface area contributed by atoms with E-state index in [2.05, 4.69) is 25.7 Å². The molecule has 2 aromatic rings. The van der Waals surface area contributed by atoms with Gasteiger partial charge < -0.3 is 5.11 Å². The van der Waals surface area contributed by atoms with E-state index < -0.39 is 32.5 Å². The number of aryl methyl sites for hydroxylation is 1. The molecule has 24 heavy (non-hydrogen) atoms. The first-order valence-electron chi connectivity index (χ1n) is 6.18. The van der Waals surface area contributed by atoms with Gasteiger partial charge in [-0.15, -0.1) is 10.2 Å². The maximum atomic E-state index is 11.3. The van der Waals surface area contributed by atoms with Crippen LogP contribution in [0.3, 0.4) is 0 Å². The summed E-state index contributed by atoms with van der Waals surface area (Å²) in [6.07, 6.45) is 0.898.